The lowest BCUT2D eigenvalue weighted by molar-refractivity contribution is 0.243. The monoisotopic (exact) mass is 410 g/mol. The summed E-state index contributed by atoms with van der Waals surface area (Å²) in [5, 5.41) is 4.02. The summed E-state index contributed by atoms with van der Waals surface area (Å²) in [5.41, 5.74) is 4.25. The number of hydrogen-bond donors (Lipinski definition) is 1. The highest BCUT2D eigenvalue weighted by Crippen LogP contribution is 2.31. The number of halogens is 1. The van der Waals surface area contributed by atoms with Crippen molar-refractivity contribution in [2.24, 2.45) is 0 Å². The van der Waals surface area contributed by atoms with Gasteiger partial charge in [-0.1, -0.05) is 23.7 Å². The van der Waals surface area contributed by atoms with E-state index in [9.17, 15) is 0 Å². The van der Waals surface area contributed by atoms with Crippen LogP contribution >= 0.6 is 11.6 Å². The van der Waals surface area contributed by atoms with Gasteiger partial charge in [-0.05, 0) is 29.8 Å². The number of rotatable bonds is 6. The fourth-order valence-electron chi connectivity index (χ4n) is 3.49. The summed E-state index contributed by atoms with van der Waals surface area (Å²) in [5.74, 6) is 1.98. The van der Waals surface area contributed by atoms with Crippen LogP contribution in [0.15, 0.2) is 48.7 Å². The van der Waals surface area contributed by atoms with E-state index >= 15 is 0 Å². The van der Waals surface area contributed by atoms with Gasteiger partial charge < -0.3 is 14.8 Å². The van der Waals surface area contributed by atoms with Crippen molar-refractivity contribution < 1.29 is 9.47 Å². The molecule has 29 heavy (non-hydrogen) atoms. The molecule has 0 saturated carbocycles. The third-order valence-corrected chi connectivity index (χ3v) is 5.20. The Morgan fingerprint density at radius 3 is 2.83 bits per heavy atom. The molecule has 1 aliphatic rings. The van der Waals surface area contributed by atoms with Crippen molar-refractivity contribution in [3.05, 3.63) is 70.5 Å². The van der Waals surface area contributed by atoms with Crippen molar-refractivity contribution in [1.29, 1.82) is 0 Å². The molecule has 0 aliphatic carbocycles. The number of ether oxygens (including phenoxy) is 2. The molecular formula is C22H23ClN4O2. The van der Waals surface area contributed by atoms with Gasteiger partial charge in [0, 0.05) is 48.9 Å². The second kappa shape index (κ2) is 8.68. The van der Waals surface area contributed by atoms with E-state index in [4.69, 9.17) is 26.1 Å². The Hall–Kier alpha value is -2.83. The summed E-state index contributed by atoms with van der Waals surface area (Å²) in [6.07, 6.45) is 2.79. The van der Waals surface area contributed by atoms with Gasteiger partial charge in [0.15, 0.2) is 0 Å². The fourth-order valence-corrected chi connectivity index (χ4v) is 3.70. The van der Waals surface area contributed by atoms with Crippen molar-refractivity contribution in [2.45, 2.75) is 19.5 Å². The van der Waals surface area contributed by atoms with Crippen LogP contribution in [0.2, 0.25) is 5.02 Å². The van der Waals surface area contributed by atoms with Crippen molar-refractivity contribution in [1.82, 2.24) is 14.9 Å². The van der Waals surface area contributed by atoms with Gasteiger partial charge in [-0.25, -0.2) is 9.97 Å². The van der Waals surface area contributed by atoms with E-state index in [1.807, 2.05) is 42.6 Å². The van der Waals surface area contributed by atoms with Crippen LogP contribution in [0.4, 0.5) is 11.6 Å². The standard InChI is InChI=1S/C22H23ClN4O2/c1-28-18-6-7-20(21(11-18)29-2)26-22-24-12-16-14-27(9-8-19(16)25-22)13-15-4-3-5-17(23)10-15/h3-7,10-12H,8-9,13-14H2,1-2H3,(H,24,25,26). The van der Waals surface area contributed by atoms with Gasteiger partial charge in [-0.2, -0.15) is 0 Å². The molecule has 0 amide bonds. The first kappa shape index (κ1) is 19.5. The third kappa shape index (κ3) is 4.60. The van der Waals surface area contributed by atoms with E-state index in [1.54, 1.807) is 14.2 Å². The summed E-state index contributed by atoms with van der Waals surface area (Å²) in [6.45, 7) is 2.64. The molecule has 0 fully saturated rings. The molecule has 1 aliphatic heterocycles. The van der Waals surface area contributed by atoms with E-state index < -0.39 is 0 Å². The third-order valence-electron chi connectivity index (χ3n) is 4.96. The summed E-state index contributed by atoms with van der Waals surface area (Å²) in [6, 6.07) is 13.6. The average molecular weight is 411 g/mol. The van der Waals surface area contributed by atoms with E-state index in [-0.39, 0.29) is 0 Å². The Morgan fingerprint density at radius 1 is 1.14 bits per heavy atom. The largest absolute Gasteiger partial charge is 0.497 e. The topological polar surface area (TPSA) is 59.5 Å². The van der Waals surface area contributed by atoms with Crippen LogP contribution in [0.5, 0.6) is 11.5 Å². The predicted molar refractivity (Wildman–Crippen MR) is 114 cm³/mol. The van der Waals surface area contributed by atoms with Crippen LogP contribution in [0.1, 0.15) is 16.8 Å². The van der Waals surface area contributed by atoms with E-state index in [0.717, 1.165) is 53.8 Å². The van der Waals surface area contributed by atoms with Crippen LogP contribution in [0.3, 0.4) is 0 Å². The molecule has 6 nitrogen and oxygen atoms in total. The number of methoxy groups -OCH3 is 2. The van der Waals surface area contributed by atoms with Crippen molar-refractivity contribution in [3.63, 3.8) is 0 Å². The molecule has 1 N–H and O–H groups in total. The van der Waals surface area contributed by atoms with Crippen LogP contribution < -0.4 is 14.8 Å². The minimum Gasteiger partial charge on any atom is -0.497 e. The molecule has 2 heterocycles. The summed E-state index contributed by atoms with van der Waals surface area (Å²) >= 11 is 6.10. The summed E-state index contributed by atoms with van der Waals surface area (Å²) in [4.78, 5) is 11.6. The predicted octanol–water partition coefficient (Wildman–Crippen LogP) is 4.45. The molecule has 3 aromatic rings. The number of fused-ring (bicyclic) bond motifs is 1. The van der Waals surface area contributed by atoms with Crippen molar-refractivity contribution in [2.75, 3.05) is 26.1 Å². The molecule has 0 bridgehead atoms. The molecular weight excluding hydrogens is 388 g/mol. The van der Waals surface area contributed by atoms with Gasteiger partial charge in [-0.3, -0.25) is 4.90 Å². The maximum absolute atomic E-state index is 6.10. The SMILES string of the molecule is COc1ccc(Nc2ncc3c(n2)CCN(Cc2cccc(Cl)c2)C3)c(OC)c1. The van der Waals surface area contributed by atoms with Crippen LogP contribution in [-0.2, 0) is 19.5 Å². The number of anilines is 2. The van der Waals surface area contributed by atoms with Crippen LogP contribution in [-0.4, -0.2) is 35.6 Å². The second-order valence-electron chi connectivity index (χ2n) is 6.95. The minimum atomic E-state index is 0.565. The quantitative estimate of drug-likeness (QED) is 0.647. The normalized spacial score (nSPS) is 13.6. The highest BCUT2D eigenvalue weighted by atomic mass is 35.5. The van der Waals surface area contributed by atoms with Gasteiger partial charge in [-0.15, -0.1) is 0 Å². The number of hydrogen-bond acceptors (Lipinski definition) is 6. The first-order valence-electron chi connectivity index (χ1n) is 9.45. The summed E-state index contributed by atoms with van der Waals surface area (Å²) in [7, 11) is 3.26. The maximum Gasteiger partial charge on any atom is 0.227 e. The molecule has 4 rings (SSSR count). The van der Waals surface area contributed by atoms with Crippen molar-refractivity contribution >= 4 is 23.2 Å². The maximum atomic E-state index is 6.10. The lowest BCUT2D eigenvalue weighted by Crippen LogP contribution is -2.31. The Bertz CT molecular complexity index is 1010. The van der Waals surface area contributed by atoms with Crippen LogP contribution in [0, 0.1) is 0 Å². The Kier molecular flexibility index (Phi) is 5.83. The molecule has 0 unspecified atom stereocenters. The zero-order valence-electron chi connectivity index (χ0n) is 16.5. The van der Waals surface area contributed by atoms with Gasteiger partial charge in [0.1, 0.15) is 11.5 Å². The first-order chi connectivity index (χ1) is 14.1. The van der Waals surface area contributed by atoms with Crippen molar-refractivity contribution in [3.8, 4) is 11.5 Å². The van der Waals surface area contributed by atoms with Gasteiger partial charge in [0.05, 0.1) is 25.6 Å². The Balaban J connectivity index is 1.46. The van der Waals surface area contributed by atoms with Gasteiger partial charge in [0.25, 0.3) is 0 Å². The van der Waals surface area contributed by atoms with Crippen LogP contribution in [0.25, 0.3) is 0 Å². The zero-order chi connectivity index (χ0) is 20.2. The molecule has 0 spiro atoms. The number of benzene rings is 2. The Morgan fingerprint density at radius 2 is 2.03 bits per heavy atom. The molecule has 7 heteroatoms. The smallest absolute Gasteiger partial charge is 0.227 e. The highest BCUT2D eigenvalue weighted by Gasteiger charge is 2.19. The lowest BCUT2D eigenvalue weighted by Gasteiger charge is -2.28. The van der Waals surface area contributed by atoms with E-state index in [0.29, 0.717) is 11.7 Å². The zero-order valence-corrected chi connectivity index (χ0v) is 17.2. The fraction of sp³-hybridized carbons (Fsp3) is 0.273. The molecule has 1 aromatic heterocycles. The molecule has 150 valence electrons. The first-order valence-corrected chi connectivity index (χ1v) is 9.83. The second-order valence-corrected chi connectivity index (χ2v) is 7.38. The molecule has 0 atom stereocenters. The molecule has 0 radical (unpaired) electrons. The van der Waals surface area contributed by atoms with Gasteiger partial charge >= 0.3 is 0 Å². The highest BCUT2D eigenvalue weighted by molar-refractivity contribution is 6.30. The number of aromatic nitrogens is 2. The van der Waals surface area contributed by atoms with E-state index in [2.05, 4.69) is 21.3 Å². The average Bonchev–Trinajstić information content (AvgIpc) is 2.74. The molecule has 2 aromatic carbocycles. The minimum absolute atomic E-state index is 0.565. The number of nitrogens with zero attached hydrogens (tertiary/aromatic N) is 3. The lowest BCUT2D eigenvalue weighted by atomic mass is 10.1. The van der Waals surface area contributed by atoms with E-state index in [1.165, 1.54) is 5.56 Å². The summed E-state index contributed by atoms with van der Waals surface area (Å²) < 4.78 is 10.7. The molecule has 0 saturated heterocycles. The Labute approximate surface area is 175 Å². The van der Waals surface area contributed by atoms with Gasteiger partial charge in [0.2, 0.25) is 5.95 Å². The number of nitrogens with one attached hydrogen (secondary N) is 1.